The van der Waals surface area contributed by atoms with E-state index in [1.807, 2.05) is 36.4 Å². The Labute approximate surface area is 174 Å². The van der Waals surface area contributed by atoms with Crippen LogP contribution in [-0.2, 0) is 4.79 Å². The molecular weight excluding hydrogens is 362 g/mol. The van der Waals surface area contributed by atoms with Gasteiger partial charge < -0.3 is 10.1 Å². The molecule has 1 N–H and O–H groups in total. The quantitative estimate of drug-likeness (QED) is 0.289. The smallest absolute Gasteiger partial charge is 0.207 e. The molecular formula is C25H33NO3. The van der Waals surface area contributed by atoms with E-state index in [0.717, 1.165) is 55.6 Å². The third-order valence-electron chi connectivity index (χ3n) is 5.05. The topological polar surface area (TPSA) is 55.4 Å². The molecule has 0 aromatic heterocycles. The van der Waals surface area contributed by atoms with Crippen LogP contribution in [0.5, 0.6) is 5.75 Å². The molecule has 156 valence electrons. The Kier molecular flexibility index (Phi) is 11.2. The Morgan fingerprint density at radius 1 is 0.655 bits per heavy atom. The molecule has 0 aliphatic carbocycles. The standard InChI is InChI=1S/C25H33NO3/c27-20-22-10-12-23(13-11-22)24-14-16-25(17-15-24)29-19-9-7-5-3-1-2-4-6-8-18-26-21-28/h10-17,20-21H,1-9,18-19H2,(H,26,28). The number of hydrogen-bond acceptors (Lipinski definition) is 3. The highest BCUT2D eigenvalue weighted by molar-refractivity contribution is 5.77. The molecule has 0 heterocycles. The summed E-state index contributed by atoms with van der Waals surface area (Å²) in [6.07, 6.45) is 12.7. The lowest BCUT2D eigenvalue weighted by molar-refractivity contribution is -0.109. The molecule has 4 nitrogen and oxygen atoms in total. The lowest BCUT2D eigenvalue weighted by Crippen LogP contribution is -2.11. The number of aldehydes is 1. The van der Waals surface area contributed by atoms with Crippen molar-refractivity contribution < 1.29 is 14.3 Å². The van der Waals surface area contributed by atoms with E-state index >= 15 is 0 Å². The first-order valence-electron chi connectivity index (χ1n) is 10.8. The summed E-state index contributed by atoms with van der Waals surface area (Å²) in [5.74, 6) is 0.905. The van der Waals surface area contributed by atoms with E-state index in [1.165, 1.54) is 44.9 Å². The first-order chi connectivity index (χ1) is 14.3. The molecule has 2 rings (SSSR count). The first kappa shape index (κ1) is 22.7. The van der Waals surface area contributed by atoms with Crippen molar-refractivity contribution >= 4 is 12.7 Å². The molecule has 0 atom stereocenters. The zero-order valence-electron chi connectivity index (χ0n) is 17.3. The van der Waals surface area contributed by atoms with Crippen molar-refractivity contribution in [3.05, 3.63) is 54.1 Å². The number of ether oxygens (including phenoxy) is 1. The minimum atomic E-state index is 0.692. The van der Waals surface area contributed by atoms with Crippen molar-refractivity contribution in [3.63, 3.8) is 0 Å². The monoisotopic (exact) mass is 395 g/mol. The largest absolute Gasteiger partial charge is 0.494 e. The van der Waals surface area contributed by atoms with Gasteiger partial charge in [0.1, 0.15) is 12.0 Å². The second kappa shape index (κ2) is 14.4. The zero-order chi connectivity index (χ0) is 20.6. The molecule has 0 bridgehead atoms. The first-order valence-corrected chi connectivity index (χ1v) is 10.8. The van der Waals surface area contributed by atoms with Gasteiger partial charge in [0.25, 0.3) is 0 Å². The average Bonchev–Trinajstić information content (AvgIpc) is 2.77. The number of carbonyl (C=O) groups excluding carboxylic acids is 2. The second-order valence-electron chi connectivity index (χ2n) is 7.37. The van der Waals surface area contributed by atoms with Crippen LogP contribution in [0.25, 0.3) is 11.1 Å². The maximum absolute atomic E-state index is 10.7. The molecule has 29 heavy (non-hydrogen) atoms. The van der Waals surface area contributed by atoms with E-state index in [0.29, 0.717) is 5.56 Å². The summed E-state index contributed by atoms with van der Waals surface area (Å²) in [5, 5.41) is 2.70. The van der Waals surface area contributed by atoms with Crippen LogP contribution in [-0.4, -0.2) is 25.8 Å². The maximum atomic E-state index is 10.7. The Bertz CT molecular complexity index is 695. The number of carbonyl (C=O) groups is 2. The molecule has 0 aliphatic heterocycles. The summed E-state index contributed by atoms with van der Waals surface area (Å²) in [7, 11) is 0. The summed E-state index contributed by atoms with van der Waals surface area (Å²) in [6.45, 7) is 1.57. The van der Waals surface area contributed by atoms with Crippen LogP contribution in [0, 0.1) is 0 Å². The van der Waals surface area contributed by atoms with Gasteiger partial charge in [0.15, 0.2) is 0 Å². The van der Waals surface area contributed by atoms with Gasteiger partial charge in [-0.2, -0.15) is 0 Å². The highest BCUT2D eigenvalue weighted by Crippen LogP contribution is 2.23. The fourth-order valence-electron chi connectivity index (χ4n) is 3.31. The molecule has 0 aliphatic rings. The van der Waals surface area contributed by atoms with Gasteiger partial charge in [-0.1, -0.05) is 81.3 Å². The number of amides is 1. The lowest BCUT2D eigenvalue weighted by atomic mass is 10.0. The van der Waals surface area contributed by atoms with E-state index in [1.54, 1.807) is 0 Å². The number of hydrogen-bond donors (Lipinski definition) is 1. The summed E-state index contributed by atoms with van der Waals surface area (Å²) in [6, 6.07) is 15.7. The minimum Gasteiger partial charge on any atom is -0.494 e. The van der Waals surface area contributed by atoms with Gasteiger partial charge >= 0.3 is 0 Å². The summed E-state index contributed by atoms with van der Waals surface area (Å²) in [4.78, 5) is 20.9. The molecule has 2 aromatic carbocycles. The van der Waals surface area contributed by atoms with E-state index in [9.17, 15) is 9.59 Å². The van der Waals surface area contributed by atoms with Crippen molar-refractivity contribution in [2.45, 2.75) is 57.8 Å². The van der Waals surface area contributed by atoms with Gasteiger partial charge in [-0.3, -0.25) is 9.59 Å². The Hall–Kier alpha value is -2.62. The SMILES string of the molecule is O=CNCCCCCCCCCCCOc1ccc(-c2ccc(C=O)cc2)cc1. The van der Waals surface area contributed by atoms with Crippen molar-refractivity contribution in [1.29, 1.82) is 0 Å². The lowest BCUT2D eigenvalue weighted by Gasteiger charge is -2.08. The van der Waals surface area contributed by atoms with Gasteiger partial charge in [-0.25, -0.2) is 0 Å². The normalized spacial score (nSPS) is 10.5. The minimum absolute atomic E-state index is 0.692. The summed E-state index contributed by atoms with van der Waals surface area (Å²) >= 11 is 0. The summed E-state index contributed by atoms with van der Waals surface area (Å²) in [5.41, 5.74) is 2.91. The molecule has 0 unspecified atom stereocenters. The van der Waals surface area contributed by atoms with Crippen LogP contribution in [0.15, 0.2) is 48.5 Å². The predicted molar refractivity (Wildman–Crippen MR) is 118 cm³/mol. The average molecular weight is 396 g/mol. The van der Waals surface area contributed by atoms with Crippen molar-refractivity contribution in [3.8, 4) is 16.9 Å². The molecule has 0 spiro atoms. The van der Waals surface area contributed by atoms with Crippen molar-refractivity contribution in [2.24, 2.45) is 0 Å². The van der Waals surface area contributed by atoms with Crippen molar-refractivity contribution in [1.82, 2.24) is 5.32 Å². The fraction of sp³-hybridized carbons (Fsp3) is 0.440. The highest BCUT2D eigenvalue weighted by atomic mass is 16.5. The van der Waals surface area contributed by atoms with E-state index in [4.69, 9.17) is 4.74 Å². The predicted octanol–water partition coefficient (Wildman–Crippen LogP) is 5.80. The van der Waals surface area contributed by atoms with Crippen LogP contribution in [0.1, 0.15) is 68.1 Å². The van der Waals surface area contributed by atoms with Crippen LogP contribution in [0.3, 0.4) is 0 Å². The highest BCUT2D eigenvalue weighted by Gasteiger charge is 2.00. The van der Waals surface area contributed by atoms with E-state index in [-0.39, 0.29) is 0 Å². The molecule has 0 fully saturated rings. The van der Waals surface area contributed by atoms with Gasteiger partial charge in [-0.05, 0) is 36.1 Å². The molecule has 4 heteroatoms. The summed E-state index contributed by atoms with van der Waals surface area (Å²) < 4.78 is 5.85. The second-order valence-corrected chi connectivity index (χ2v) is 7.37. The van der Waals surface area contributed by atoms with Gasteiger partial charge in [0, 0.05) is 12.1 Å². The molecule has 0 radical (unpaired) electrons. The van der Waals surface area contributed by atoms with Gasteiger partial charge in [0.2, 0.25) is 6.41 Å². The zero-order valence-corrected chi connectivity index (χ0v) is 17.3. The third kappa shape index (κ3) is 9.42. The number of rotatable bonds is 16. The molecule has 0 saturated heterocycles. The Morgan fingerprint density at radius 3 is 1.72 bits per heavy atom. The van der Waals surface area contributed by atoms with Gasteiger partial charge in [-0.15, -0.1) is 0 Å². The van der Waals surface area contributed by atoms with Crippen LogP contribution in [0.2, 0.25) is 0 Å². The number of nitrogens with one attached hydrogen (secondary N) is 1. The van der Waals surface area contributed by atoms with E-state index < -0.39 is 0 Å². The molecule has 2 aromatic rings. The van der Waals surface area contributed by atoms with Crippen LogP contribution < -0.4 is 10.1 Å². The Balaban J connectivity index is 1.50. The van der Waals surface area contributed by atoms with Crippen LogP contribution in [0.4, 0.5) is 0 Å². The number of unbranched alkanes of at least 4 members (excludes halogenated alkanes) is 8. The number of benzene rings is 2. The molecule has 0 saturated carbocycles. The van der Waals surface area contributed by atoms with Crippen molar-refractivity contribution in [2.75, 3.05) is 13.2 Å². The van der Waals surface area contributed by atoms with Gasteiger partial charge in [0.05, 0.1) is 6.61 Å². The maximum Gasteiger partial charge on any atom is 0.207 e. The van der Waals surface area contributed by atoms with Crippen LogP contribution >= 0.6 is 0 Å². The molecule has 1 amide bonds. The van der Waals surface area contributed by atoms with E-state index in [2.05, 4.69) is 17.4 Å². The third-order valence-corrected chi connectivity index (χ3v) is 5.05. The Morgan fingerprint density at radius 2 is 1.17 bits per heavy atom. The fourth-order valence-corrected chi connectivity index (χ4v) is 3.31.